The molecule has 25 heavy (non-hydrogen) atoms. The van der Waals surface area contributed by atoms with Crippen molar-refractivity contribution in [3.05, 3.63) is 20.8 Å². The number of nitrogens with one attached hydrogen (secondary N) is 1. The van der Waals surface area contributed by atoms with Crippen LogP contribution in [0.25, 0.3) is 10.2 Å². The van der Waals surface area contributed by atoms with Gasteiger partial charge < -0.3 is 10.1 Å². The van der Waals surface area contributed by atoms with Gasteiger partial charge in [-0.3, -0.25) is 14.2 Å². The number of carbonyl (C=O) groups excluding carboxylic acids is 1. The zero-order chi connectivity index (χ0) is 17.4. The van der Waals surface area contributed by atoms with Crippen molar-refractivity contribution in [3.8, 4) is 0 Å². The zero-order valence-corrected chi connectivity index (χ0v) is 15.8. The number of nitrogens with zero attached hydrogens (tertiary/aromatic N) is 2. The summed E-state index contributed by atoms with van der Waals surface area (Å²) in [5, 5.41) is 4.36. The van der Waals surface area contributed by atoms with E-state index >= 15 is 0 Å². The molecule has 0 saturated heterocycles. The highest BCUT2D eigenvalue weighted by atomic mass is 32.2. The predicted octanol–water partition coefficient (Wildman–Crippen LogP) is 1.96. The third-order valence-corrected chi connectivity index (χ3v) is 6.75. The summed E-state index contributed by atoms with van der Waals surface area (Å²) in [6.07, 6.45) is 5.26. The normalized spacial score (nSPS) is 16.4. The van der Waals surface area contributed by atoms with Gasteiger partial charge in [0.2, 0.25) is 5.91 Å². The molecule has 0 aromatic carbocycles. The average molecular weight is 380 g/mol. The first-order valence-electron chi connectivity index (χ1n) is 8.63. The van der Waals surface area contributed by atoms with Crippen LogP contribution in [0.4, 0.5) is 0 Å². The number of hydrogen-bond acceptors (Lipinski definition) is 6. The van der Waals surface area contributed by atoms with Crippen molar-refractivity contribution >= 4 is 39.2 Å². The van der Waals surface area contributed by atoms with E-state index in [1.807, 2.05) is 0 Å². The second-order valence-corrected chi connectivity index (χ2v) is 8.54. The second-order valence-electron chi connectivity index (χ2n) is 6.51. The zero-order valence-electron chi connectivity index (χ0n) is 14.2. The number of methoxy groups -OCH3 is 1. The van der Waals surface area contributed by atoms with Gasteiger partial charge in [0, 0.05) is 18.0 Å². The molecule has 0 unspecified atom stereocenters. The van der Waals surface area contributed by atoms with Crippen LogP contribution in [0.2, 0.25) is 0 Å². The number of carbonyl (C=O) groups is 1. The molecule has 1 fully saturated rings. The Labute approximate surface area is 154 Å². The third-order valence-electron chi connectivity index (χ3n) is 4.58. The molecule has 0 spiro atoms. The molecule has 2 aromatic rings. The van der Waals surface area contributed by atoms with Gasteiger partial charge >= 0.3 is 0 Å². The minimum absolute atomic E-state index is 0.00607. The van der Waals surface area contributed by atoms with Gasteiger partial charge in [0.15, 0.2) is 5.16 Å². The van der Waals surface area contributed by atoms with Crippen LogP contribution >= 0.6 is 23.1 Å². The molecule has 2 aliphatic carbocycles. The van der Waals surface area contributed by atoms with E-state index in [0.29, 0.717) is 24.3 Å². The number of aryl methyl sites for hydroxylation is 2. The Balaban J connectivity index is 1.65. The Hall–Kier alpha value is -1.38. The van der Waals surface area contributed by atoms with E-state index in [4.69, 9.17) is 9.72 Å². The van der Waals surface area contributed by atoms with Crippen molar-refractivity contribution in [2.24, 2.45) is 0 Å². The molecule has 0 atom stereocenters. The first kappa shape index (κ1) is 17.1. The van der Waals surface area contributed by atoms with Crippen molar-refractivity contribution in [1.29, 1.82) is 0 Å². The van der Waals surface area contributed by atoms with Crippen LogP contribution in [0.15, 0.2) is 9.95 Å². The van der Waals surface area contributed by atoms with Crippen LogP contribution in [0.3, 0.4) is 0 Å². The molecule has 0 aliphatic heterocycles. The van der Waals surface area contributed by atoms with Gasteiger partial charge in [-0.1, -0.05) is 11.8 Å². The van der Waals surface area contributed by atoms with Crippen LogP contribution in [-0.2, 0) is 28.9 Å². The summed E-state index contributed by atoms with van der Waals surface area (Å²) in [5.41, 5.74) is 1.19. The van der Waals surface area contributed by atoms with Crippen molar-refractivity contribution in [3.63, 3.8) is 0 Å². The van der Waals surface area contributed by atoms with Crippen LogP contribution in [-0.4, -0.2) is 41.0 Å². The maximum absolute atomic E-state index is 13.1. The minimum Gasteiger partial charge on any atom is -0.383 e. The number of thiophene rings is 1. The highest BCUT2D eigenvalue weighted by Crippen LogP contribution is 2.35. The lowest BCUT2D eigenvalue weighted by Gasteiger charge is -2.12. The van der Waals surface area contributed by atoms with Crippen molar-refractivity contribution < 1.29 is 9.53 Å². The number of amides is 1. The Morgan fingerprint density at radius 1 is 1.44 bits per heavy atom. The first-order valence-corrected chi connectivity index (χ1v) is 10.4. The van der Waals surface area contributed by atoms with Gasteiger partial charge in [-0.25, -0.2) is 4.98 Å². The van der Waals surface area contributed by atoms with Crippen molar-refractivity contribution in [2.45, 2.75) is 49.8 Å². The molecule has 1 amide bonds. The third kappa shape index (κ3) is 3.47. The summed E-state index contributed by atoms with van der Waals surface area (Å²) in [6, 6.07) is 0.347. The fourth-order valence-corrected chi connectivity index (χ4v) is 5.31. The molecule has 8 heteroatoms. The first-order chi connectivity index (χ1) is 12.2. The average Bonchev–Trinajstić information content (AvgIpc) is 3.15. The van der Waals surface area contributed by atoms with E-state index in [1.165, 1.54) is 22.2 Å². The topological polar surface area (TPSA) is 73.2 Å². The van der Waals surface area contributed by atoms with E-state index in [0.717, 1.165) is 42.3 Å². The fraction of sp³-hybridized carbons (Fsp3) is 0.588. The number of hydrogen-bond donors (Lipinski definition) is 1. The quantitative estimate of drug-likeness (QED) is 0.588. The molecule has 2 aliphatic rings. The minimum atomic E-state index is 0.00607. The summed E-state index contributed by atoms with van der Waals surface area (Å²) in [6.45, 7) is 0.900. The molecule has 2 heterocycles. The molecule has 6 nitrogen and oxygen atoms in total. The van der Waals surface area contributed by atoms with Crippen molar-refractivity contribution in [2.75, 3.05) is 19.5 Å². The molecule has 134 valence electrons. The highest BCUT2D eigenvalue weighted by Gasteiger charge is 2.25. The SMILES string of the molecule is COCCn1c(SCC(=O)NC2CC2)nc2sc3c(c2c1=O)CCC3. The lowest BCUT2D eigenvalue weighted by molar-refractivity contribution is -0.118. The number of fused-ring (bicyclic) bond motifs is 3. The summed E-state index contributed by atoms with van der Waals surface area (Å²) in [7, 11) is 1.62. The molecule has 1 N–H and O–H groups in total. The Morgan fingerprint density at radius 3 is 3.04 bits per heavy atom. The monoisotopic (exact) mass is 379 g/mol. The molecule has 0 bridgehead atoms. The van der Waals surface area contributed by atoms with Crippen LogP contribution in [0, 0.1) is 0 Å². The Morgan fingerprint density at radius 2 is 2.28 bits per heavy atom. The summed E-state index contributed by atoms with van der Waals surface area (Å²) >= 11 is 2.97. The summed E-state index contributed by atoms with van der Waals surface area (Å²) in [4.78, 5) is 31.9. The Kier molecular flexibility index (Phi) is 4.84. The number of rotatable bonds is 7. The standard InChI is InChI=1S/C17H21N3O3S2/c1-23-8-7-20-16(22)14-11-3-2-4-12(11)25-15(14)19-17(20)24-9-13(21)18-10-5-6-10/h10H,2-9H2,1H3,(H,18,21). The van der Waals surface area contributed by atoms with E-state index in [2.05, 4.69) is 5.32 Å². The molecular weight excluding hydrogens is 358 g/mol. The molecule has 2 aromatic heterocycles. The van der Waals surface area contributed by atoms with Crippen LogP contribution in [0.1, 0.15) is 29.7 Å². The summed E-state index contributed by atoms with van der Waals surface area (Å²) < 4.78 is 6.83. The van der Waals surface area contributed by atoms with Gasteiger partial charge in [0.25, 0.3) is 5.56 Å². The van der Waals surface area contributed by atoms with Crippen LogP contribution in [0.5, 0.6) is 0 Å². The Bertz CT molecular complexity index is 870. The second kappa shape index (κ2) is 7.09. The van der Waals surface area contributed by atoms with Gasteiger partial charge in [-0.05, 0) is 37.7 Å². The molecular formula is C17H21N3O3S2. The predicted molar refractivity (Wildman–Crippen MR) is 99.7 cm³/mol. The fourth-order valence-electron chi connectivity index (χ4n) is 3.18. The number of thioether (sulfide) groups is 1. The largest absolute Gasteiger partial charge is 0.383 e. The lowest BCUT2D eigenvalue weighted by Crippen LogP contribution is -2.29. The smallest absolute Gasteiger partial charge is 0.263 e. The molecule has 4 rings (SSSR count). The van der Waals surface area contributed by atoms with Crippen molar-refractivity contribution in [1.82, 2.24) is 14.9 Å². The van der Waals surface area contributed by atoms with E-state index in [1.54, 1.807) is 23.0 Å². The van der Waals surface area contributed by atoms with Gasteiger partial charge in [0.05, 0.1) is 24.3 Å². The lowest BCUT2D eigenvalue weighted by atomic mass is 10.2. The van der Waals surface area contributed by atoms with E-state index in [9.17, 15) is 9.59 Å². The van der Waals surface area contributed by atoms with Crippen LogP contribution < -0.4 is 10.9 Å². The highest BCUT2D eigenvalue weighted by molar-refractivity contribution is 7.99. The number of ether oxygens (including phenoxy) is 1. The van der Waals surface area contributed by atoms with Gasteiger partial charge in [0.1, 0.15) is 4.83 Å². The maximum Gasteiger partial charge on any atom is 0.263 e. The molecule has 0 radical (unpaired) electrons. The summed E-state index contributed by atoms with van der Waals surface area (Å²) in [5.74, 6) is 0.292. The number of aromatic nitrogens is 2. The van der Waals surface area contributed by atoms with Gasteiger partial charge in [-0.2, -0.15) is 0 Å². The van der Waals surface area contributed by atoms with E-state index < -0.39 is 0 Å². The maximum atomic E-state index is 13.1. The van der Waals surface area contributed by atoms with Gasteiger partial charge in [-0.15, -0.1) is 11.3 Å². The van der Waals surface area contributed by atoms with E-state index in [-0.39, 0.29) is 17.2 Å². The molecule has 1 saturated carbocycles.